The summed E-state index contributed by atoms with van der Waals surface area (Å²) in [5.41, 5.74) is 3.50. The smallest absolute Gasteiger partial charge is 0.192 e. The van der Waals surface area contributed by atoms with Crippen LogP contribution < -0.4 is 0 Å². The first-order chi connectivity index (χ1) is 15.2. The third-order valence-corrected chi connectivity index (χ3v) is 11.6. The normalized spacial score (nSPS) is 18.0. The molecule has 32 heavy (non-hydrogen) atoms. The number of aryl methyl sites for hydroxylation is 1. The van der Waals surface area contributed by atoms with Gasteiger partial charge in [0.05, 0.1) is 6.10 Å². The number of allylic oxidation sites excluding steroid dienone is 1. The Hall–Kier alpha value is -1.97. The van der Waals surface area contributed by atoms with Gasteiger partial charge in [-0.05, 0) is 60.9 Å². The number of Topliss-reactive ketones (excluding diaryl/α,β-unsaturated/α-hetero) is 1. The highest BCUT2D eigenvalue weighted by Gasteiger charge is 2.38. The second-order valence-electron chi connectivity index (χ2n) is 10.8. The van der Waals surface area contributed by atoms with Crippen molar-refractivity contribution in [3.63, 3.8) is 0 Å². The van der Waals surface area contributed by atoms with Gasteiger partial charge in [-0.3, -0.25) is 4.79 Å². The number of benzene rings is 2. The number of rotatable bonds is 9. The van der Waals surface area contributed by atoms with Crippen LogP contribution >= 0.6 is 0 Å². The van der Waals surface area contributed by atoms with Gasteiger partial charge >= 0.3 is 0 Å². The van der Waals surface area contributed by atoms with Crippen LogP contribution in [0.3, 0.4) is 0 Å². The van der Waals surface area contributed by atoms with E-state index < -0.39 is 8.32 Å². The maximum absolute atomic E-state index is 12.6. The number of hydrogen-bond donors (Lipinski definition) is 0. The van der Waals surface area contributed by atoms with Gasteiger partial charge in [-0.2, -0.15) is 0 Å². The summed E-state index contributed by atoms with van der Waals surface area (Å²) in [5.74, 6) is 0.540. The van der Waals surface area contributed by atoms with Gasteiger partial charge in [0, 0.05) is 12.0 Å². The van der Waals surface area contributed by atoms with Gasteiger partial charge < -0.3 is 4.43 Å². The number of fused-ring (bicyclic) bond motifs is 1. The van der Waals surface area contributed by atoms with E-state index >= 15 is 0 Å². The third-order valence-electron chi connectivity index (χ3n) is 7.14. The Labute approximate surface area is 196 Å². The minimum atomic E-state index is -1.87. The van der Waals surface area contributed by atoms with Crippen molar-refractivity contribution in [3.8, 4) is 0 Å². The lowest BCUT2D eigenvalue weighted by molar-refractivity contribution is 0.0958. The fraction of sp³-hybridized carbons (Fsp3) is 0.483. The predicted molar refractivity (Wildman–Crippen MR) is 138 cm³/mol. The van der Waals surface area contributed by atoms with Crippen molar-refractivity contribution in [1.29, 1.82) is 0 Å². The molecule has 0 radical (unpaired) electrons. The lowest BCUT2D eigenvalue weighted by Crippen LogP contribution is -2.43. The summed E-state index contributed by atoms with van der Waals surface area (Å²) in [7, 11) is -1.87. The van der Waals surface area contributed by atoms with Crippen molar-refractivity contribution < 1.29 is 9.22 Å². The van der Waals surface area contributed by atoms with Crippen LogP contribution in [0.5, 0.6) is 0 Å². The van der Waals surface area contributed by atoms with Crippen LogP contribution in [0.2, 0.25) is 18.1 Å². The van der Waals surface area contributed by atoms with Gasteiger partial charge in [-0.25, -0.2) is 0 Å². The Kier molecular flexibility index (Phi) is 8.30. The Morgan fingerprint density at radius 2 is 1.69 bits per heavy atom. The van der Waals surface area contributed by atoms with Crippen LogP contribution in [0.15, 0.2) is 66.7 Å². The largest absolute Gasteiger partial charge is 0.411 e. The molecule has 0 saturated heterocycles. The lowest BCUT2D eigenvalue weighted by Gasteiger charge is -2.39. The number of unbranched alkanes of at least 4 members (excludes halogenated alkanes) is 1. The quantitative estimate of drug-likeness (QED) is 0.222. The summed E-state index contributed by atoms with van der Waals surface area (Å²) in [6.07, 6.45) is 10.7. The minimum Gasteiger partial charge on any atom is -0.411 e. The molecule has 0 bridgehead atoms. The molecule has 3 heteroatoms. The Morgan fingerprint density at radius 3 is 2.41 bits per heavy atom. The van der Waals surface area contributed by atoms with Crippen LogP contribution in [-0.2, 0) is 17.3 Å². The summed E-state index contributed by atoms with van der Waals surface area (Å²) in [5, 5.41) is 0.183. The second-order valence-corrected chi connectivity index (χ2v) is 15.5. The summed E-state index contributed by atoms with van der Waals surface area (Å²) in [6, 6.07) is 18.8. The molecule has 0 aromatic heterocycles. The molecule has 1 aliphatic carbocycles. The summed E-state index contributed by atoms with van der Waals surface area (Å²) < 4.78 is 6.81. The molecule has 0 heterocycles. The molecule has 2 unspecified atom stereocenters. The molecular formula is C29H40O2Si. The van der Waals surface area contributed by atoms with E-state index in [4.69, 9.17) is 4.43 Å². The van der Waals surface area contributed by atoms with Crippen LogP contribution in [0.4, 0.5) is 0 Å². The highest BCUT2D eigenvalue weighted by Crippen LogP contribution is 2.38. The van der Waals surface area contributed by atoms with E-state index in [1.165, 1.54) is 17.5 Å². The summed E-state index contributed by atoms with van der Waals surface area (Å²) in [6.45, 7) is 11.6. The van der Waals surface area contributed by atoms with Gasteiger partial charge in [0.25, 0.3) is 0 Å². The molecule has 0 N–H and O–H groups in total. The number of carbonyl (C=O) groups excluding carboxylic acids is 1. The van der Waals surface area contributed by atoms with E-state index in [9.17, 15) is 4.79 Å². The molecule has 1 aliphatic rings. The molecule has 0 fully saturated rings. The van der Waals surface area contributed by atoms with Crippen LogP contribution in [0.1, 0.15) is 67.9 Å². The maximum Gasteiger partial charge on any atom is 0.192 e. The van der Waals surface area contributed by atoms with E-state index in [-0.39, 0.29) is 22.8 Å². The molecule has 0 aliphatic heterocycles. The van der Waals surface area contributed by atoms with E-state index in [2.05, 4.69) is 82.4 Å². The van der Waals surface area contributed by atoms with E-state index in [0.717, 1.165) is 31.2 Å². The van der Waals surface area contributed by atoms with Crippen LogP contribution in [0, 0.1) is 5.92 Å². The molecule has 172 valence electrons. The minimum absolute atomic E-state index is 0.124. The van der Waals surface area contributed by atoms with Gasteiger partial charge in [-0.1, -0.05) is 93.9 Å². The van der Waals surface area contributed by atoms with Crippen molar-refractivity contribution >= 4 is 14.1 Å². The monoisotopic (exact) mass is 448 g/mol. The number of hydrogen-bond acceptors (Lipinski definition) is 2. The lowest BCUT2D eigenvalue weighted by atomic mass is 9.83. The highest BCUT2D eigenvalue weighted by atomic mass is 28.4. The fourth-order valence-electron chi connectivity index (χ4n) is 4.16. The van der Waals surface area contributed by atoms with E-state index in [1.807, 2.05) is 18.2 Å². The fourth-order valence-corrected chi connectivity index (χ4v) is 5.47. The standard InChI is InChI=1S/C29H40O2Si/c1-29(2,3)32(4,5)31-26(17-11-9-15-23-13-7-6-8-14-23)20-19-24-21-25-16-10-12-18-27(25)28(30)22-24/h6-8,10,12-14,16,18-20,24,26H,9,11,15,17,21-22H2,1-5H3. The highest BCUT2D eigenvalue weighted by molar-refractivity contribution is 6.74. The van der Waals surface area contributed by atoms with E-state index in [0.29, 0.717) is 6.42 Å². The zero-order chi connectivity index (χ0) is 23.2. The average Bonchev–Trinajstić information content (AvgIpc) is 2.74. The van der Waals surface area contributed by atoms with Crippen molar-refractivity contribution in [2.75, 3.05) is 0 Å². The molecule has 3 rings (SSSR count). The molecule has 2 nitrogen and oxygen atoms in total. The zero-order valence-corrected chi connectivity index (χ0v) is 21.6. The maximum atomic E-state index is 12.6. The Balaban J connectivity index is 1.64. The number of carbonyl (C=O) groups is 1. The first-order valence-electron chi connectivity index (χ1n) is 12.2. The zero-order valence-electron chi connectivity index (χ0n) is 20.6. The topological polar surface area (TPSA) is 26.3 Å². The van der Waals surface area contributed by atoms with Crippen molar-refractivity contribution in [2.45, 2.75) is 83.5 Å². The molecule has 2 aromatic carbocycles. The first kappa shape index (κ1) is 24.7. The second kappa shape index (κ2) is 10.8. The summed E-state index contributed by atoms with van der Waals surface area (Å²) in [4.78, 5) is 12.6. The van der Waals surface area contributed by atoms with Crippen LogP contribution in [-0.4, -0.2) is 20.2 Å². The van der Waals surface area contributed by atoms with Crippen LogP contribution in [0.25, 0.3) is 0 Å². The molecule has 0 amide bonds. The Bertz CT molecular complexity index is 908. The predicted octanol–water partition coefficient (Wildman–Crippen LogP) is 7.79. The third kappa shape index (κ3) is 6.76. The van der Waals surface area contributed by atoms with Gasteiger partial charge in [0.1, 0.15) is 0 Å². The molecular weight excluding hydrogens is 408 g/mol. The van der Waals surface area contributed by atoms with Crippen molar-refractivity contribution in [2.24, 2.45) is 5.92 Å². The van der Waals surface area contributed by atoms with Crippen molar-refractivity contribution in [1.82, 2.24) is 0 Å². The molecule has 0 spiro atoms. The summed E-state index contributed by atoms with van der Waals surface area (Å²) >= 11 is 0. The SMILES string of the molecule is CC(C)(C)[Si](C)(C)OC(C=CC1CC(=O)c2ccccc2C1)CCCCc1ccccc1. The average molecular weight is 449 g/mol. The van der Waals surface area contributed by atoms with Gasteiger partial charge in [0.15, 0.2) is 14.1 Å². The Morgan fingerprint density at radius 1 is 1.00 bits per heavy atom. The van der Waals surface area contributed by atoms with Gasteiger partial charge in [-0.15, -0.1) is 0 Å². The molecule has 2 aromatic rings. The molecule has 2 atom stereocenters. The van der Waals surface area contributed by atoms with Gasteiger partial charge in [0.2, 0.25) is 0 Å². The number of ketones is 1. The first-order valence-corrected chi connectivity index (χ1v) is 15.1. The van der Waals surface area contributed by atoms with Crippen molar-refractivity contribution in [3.05, 3.63) is 83.4 Å². The molecule has 0 saturated carbocycles. The van der Waals surface area contributed by atoms with E-state index in [1.54, 1.807) is 0 Å².